The van der Waals surface area contributed by atoms with E-state index < -0.39 is 0 Å². The molecule has 1 aromatic carbocycles. The normalized spacial score (nSPS) is 21.6. The molecular weight excluding hydrogens is 218 g/mol. The van der Waals surface area contributed by atoms with E-state index in [1.54, 1.807) is 11.1 Å². The Morgan fingerprint density at radius 2 is 2.06 bits per heavy atom. The van der Waals surface area contributed by atoms with E-state index in [1.807, 2.05) is 0 Å². The third kappa shape index (κ3) is 2.77. The number of fused-ring (bicyclic) bond motifs is 1. The highest BCUT2D eigenvalue weighted by Gasteiger charge is 2.31. The van der Waals surface area contributed by atoms with Gasteiger partial charge >= 0.3 is 0 Å². The second-order valence-corrected chi connectivity index (χ2v) is 5.71. The van der Waals surface area contributed by atoms with Gasteiger partial charge in [-0.1, -0.05) is 51.5 Å². The van der Waals surface area contributed by atoms with Crippen molar-refractivity contribution in [1.82, 2.24) is 5.32 Å². The zero-order chi connectivity index (χ0) is 13.0. The summed E-state index contributed by atoms with van der Waals surface area (Å²) in [5.74, 6) is 1.48. The zero-order valence-electron chi connectivity index (χ0n) is 12.1. The molecule has 0 heterocycles. The fraction of sp³-hybridized carbons (Fsp3) is 0.647. The Morgan fingerprint density at radius 3 is 2.78 bits per heavy atom. The van der Waals surface area contributed by atoms with Crippen molar-refractivity contribution in [2.45, 2.75) is 58.4 Å². The Kier molecular flexibility index (Phi) is 4.82. The number of hydrogen-bond donors (Lipinski definition) is 1. The van der Waals surface area contributed by atoms with E-state index in [4.69, 9.17) is 0 Å². The van der Waals surface area contributed by atoms with E-state index >= 15 is 0 Å². The summed E-state index contributed by atoms with van der Waals surface area (Å²) in [6, 6.07) is 9.68. The van der Waals surface area contributed by atoms with Crippen LogP contribution in [0.3, 0.4) is 0 Å². The van der Waals surface area contributed by atoms with Crippen molar-refractivity contribution in [2.24, 2.45) is 5.92 Å². The van der Waals surface area contributed by atoms with E-state index in [9.17, 15) is 0 Å². The molecule has 0 fully saturated rings. The molecule has 0 amide bonds. The van der Waals surface area contributed by atoms with Crippen molar-refractivity contribution >= 4 is 0 Å². The Bertz CT molecular complexity index is 372. The van der Waals surface area contributed by atoms with Crippen LogP contribution in [0.2, 0.25) is 0 Å². The number of aryl methyl sites for hydroxylation is 1. The first-order chi connectivity index (χ1) is 8.77. The summed E-state index contributed by atoms with van der Waals surface area (Å²) in [6.45, 7) is 8.11. The minimum Gasteiger partial charge on any atom is -0.313 e. The lowest BCUT2D eigenvalue weighted by atomic mass is 9.84. The molecule has 1 nitrogen and oxygen atoms in total. The maximum Gasteiger partial charge on any atom is 0.0161 e. The van der Waals surface area contributed by atoms with Crippen molar-refractivity contribution in [3.8, 4) is 0 Å². The van der Waals surface area contributed by atoms with Gasteiger partial charge < -0.3 is 5.32 Å². The van der Waals surface area contributed by atoms with Crippen LogP contribution in [-0.2, 0) is 6.42 Å². The molecule has 0 bridgehead atoms. The molecule has 1 N–H and O–H groups in total. The quantitative estimate of drug-likeness (QED) is 0.794. The monoisotopic (exact) mass is 245 g/mol. The second kappa shape index (κ2) is 6.38. The fourth-order valence-corrected chi connectivity index (χ4v) is 3.27. The third-order valence-electron chi connectivity index (χ3n) is 4.50. The largest absolute Gasteiger partial charge is 0.313 e. The summed E-state index contributed by atoms with van der Waals surface area (Å²) in [5.41, 5.74) is 3.18. The van der Waals surface area contributed by atoms with E-state index in [-0.39, 0.29) is 0 Å². The molecule has 0 saturated heterocycles. The fourth-order valence-electron chi connectivity index (χ4n) is 3.27. The van der Waals surface area contributed by atoms with Crippen molar-refractivity contribution in [2.75, 3.05) is 6.54 Å². The highest BCUT2D eigenvalue weighted by Crippen LogP contribution is 2.38. The van der Waals surface area contributed by atoms with E-state index in [0.717, 1.165) is 18.4 Å². The van der Waals surface area contributed by atoms with Gasteiger partial charge in [0, 0.05) is 12.0 Å². The van der Waals surface area contributed by atoms with Crippen LogP contribution in [-0.4, -0.2) is 12.6 Å². The predicted molar refractivity (Wildman–Crippen MR) is 79.0 cm³/mol. The average molecular weight is 245 g/mol. The van der Waals surface area contributed by atoms with Gasteiger partial charge in [-0.2, -0.15) is 0 Å². The van der Waals surface area contributed by atoms with E-state index in [1.165, 1.54) is 25.7 Å². The molecule has 0 saturated carbocycles. The molecular formula is C17H27N. The number of benzene rings is 1. The van der Waals surface area contributed by atoms with Crippen LogP contribution in [0.5, 0.6) is 0 Å². The lowest BCUT2D eigenvalue weighted by Gasteiger charge is -2.30. The maximum absolute atomic E-state index is 3.80. The van der Waals surface area contributed by atoms with Gasteiger partial charge in [-0.3, -0.25) is 0 Å². The van der Waals surface area contributed by atoms with Gasteiger partial charge in [-0.15, -0.1) is 0 Å². The first kappa shape index (κ1) is 13.6. The summed E-state index contributed by atoms with van der Waals surface area (Å²) in [6.07, 6.45) is 5.08. The second-order valence-electron chi connectivity index (χ2n) is 5.71. The zero-order valence-corrected chi connectivity index (χ0v) is 12.1. The van der Waals surface area contributed by atoms with Crippen LogP contribution >= 0.6 is 0 Å². The van der Waals surface area contributed by atoms with Crippen LogP contribution < -0.4 is 5.32 Å². The van der Waals surface area contributed by atoms with E-state index in [2.05, 4.69) is 50.4 Å². The molecule has 1 aromatic rings. The van der Waals surface area contributed by atoms with Crippen molar-refractivity contribution in [3.63, 3.8) is 0 Å². The molecule has 1 heteroatoms. The lowest BCUT2D eigenvalue weighted by molar-refractivity contribution is 0.315. The number of rotatable bonds is 6. The summed E-state index contributed by atoms with van der Waals surface area (Å²) >= 11 is 0. The summed E-state index contributed by atoms with van der Waals surface area (Å²) in [4.78, 5) is 0. The molecule has 3 atom stereocenters. The Labute approximate surface area is 112 Å². The molecule has 1 aliphatic rings. The van der Waals surface area contributed by atoms with Crippen molar-refractivity contribution in [1.29, 1.82) is 0 Å². The van der Waals surface area contributed by atoms with Gasteiger partial charge in [-0.25, -0.2) is 0 Å². The van der Waals surface area contributed by atoms with Crippen molar-refractivity contribution < 1.29 is 0 Å². The number of hydrogen-bond acceptors (Lipinski definition) is 1. The topological polar surface area (TPSA) is 12.0 Å². The highest BCUT2D eigenvalue weighted by molar-refractivity contribution is 5.36. The molecule has 0 radical (unpaired) electrons. The van der Waals surface area contributed by atoms with Gasteiger partial charge in [0.1, 0.15) is 0 Å². The van der Waals surface area contributed by atoms with Crippen molar-refractivity contribution in [3.05, 3.63) is 35.4 Å². The third-order valence-corrected chi connectivity index (χ3v) is 4.50. The summed E-state index contributed by atoms with van der Waals surface area (Å²) in [7, 11) is 0. The SMILES string of the molecule is CCCNC(C(C)CC)C1CCc2ccccc21. The predicted octanol–water partition coefficient (Wildman–Crippen LogP) is 4.13. The van der Waals surface area contributed by atoms with Gasteiger partial charge in [-0.05, 0) is 42.9 Å². The minimum atomic E-state index is 0.651. The number of nitrogens with one attached hydrogen (secondary N) is 1. The average Bonchev–Trinajstić information content (AvgIpc) is 2.83. The van der Waals surface area contributed by atoms with Gasteiger partial charge in [0.05, 0.1) is 0 Å². The summed E-state index contributed by atoms with van der Waals surface area (Å²) < 4.78 is 0. The van der Waals surface area contributed by atoms with Gasteiger partial charge in [0.2, 0.25) is 0 Å². The minimum absolute atomic E-state index is 0.651. The highest BCUT2D eigenvalue weighted by atomic mass is 14.9. The first-order valence-electron chi connectivity index (χ1n) is 7.59. The molecule has 3 unspecified atom stereocenters. The van der Waals surface area contributed by atoms with E-state index in [0.29, 0.717) is 6.04 Å². The van der Waals surface area contributed by atoms with Crippen LogP contribution in [0.15, 0.2) is 24.3 Å². The standard InChI is InChI=1S/C17H27N/c1-4-12-18-17(13(3)5-2)16-11-10-14-8-6-7-9-15(14)16/h6-9,13,16-18H,4-5,10-12H2,1-3H3. The Morgan fingerprint density at radius 1 is 1.28 bits per heavy atom. The first-order valence-corrected chi connectivity index (χ1v) is 7.59. The smallest absolute Gasteiger partial charge is 0.0161 e. The Hall–Kier alpha value is -0.820. The molecule has 0 aliphatic heterocycles. The lowest BCUT2D eigenvalue weighted by Crippen LogP contribution is -2.39. The summed E-state index contributed by atoms with van der Waals surface area (Å²) in [5, 5.41) is 3.80. The van der Waals surface area contributed by atoms with Gasteiger partial charge in [0.25, 0.3) is 0 Å². The van der Waals surface area contributed by atoms with Crippen LogP contribution in [0.4, 0.5) is 0 Å². The van der Waals surface area contributed by atoms with Gasteiger partial charge in [0.15, 0.2) is 0 Å². The molecule has 100 valence electrons. The molecule has 1 aliphatic carbocycles. The molecule has 18 heavy (non-hydrogen) atoms. The molecule has 2 rings (SSSR count). The van der Waals surface area contributed by atoms with Crippen LogP contribution in [0.1, 0.15) is 57.1 Å². The maximum atomic E-state index is 3.80. The Balaban J connectivity index is 2.16. The van der Waals surface area contributed by atoms with Crippen LogP contribution in [0.25, 0.3) is 0 Å². The molecule has 0 spiro atoms. The molecule has 0 aromatic heterocycles. The van der Waals surface area contributed by atoms with Crippen LogP contribution in [0, 0.1) is 5.92 Å².